The monoisotopic (exact) mass is 472 g/mol. The molecule has 0 aliphatic carbocycles. The van der Waals surface area contributed by atoms with Gasteiger partial charge in [0.1, 0.15) is 34.8 Å². The summed E-state index contributed by atoms with van der Waals surface area (Å²) in [5, 5.41) is 17.5. The molecule has 3 N–H and O–H groups in total. The van der Waals surface area contributed by atoms with Crippen LogP contribution in [0.25, 0.3) is 10.9 Å². The summed E-state index contributed by atoms with van der Waals surface area (Å²) in [4.78, 5) is 14.7. The highest BCUT2D eigenvalue weighted by Crippen LogP contribution is 2.38. The fraction of sp³-hybridized carbons (Fsp3) is 0.286. The zero-order valence-corrected chi connectivity index (χ0v) is 18.1. The fourth-order valence-corrected chi connectivity index (χ4v) is 3.93. The van der Waals surface area contributed by atoms with Crippen LogP contribution in [0.1, 0.15) is 22.8 Å². The second-order valence-electron chi connectivity index (χ2n) is 7.91. The lowest BCUT2D eigenvalue weighted by atomic mass is 10.1. The first-order chi connectivity index (χ1) is 16.1. The number of pyridine rings is 1. The molecule has 1 aliphatic rings. The van der Waals surface area contributed by atoms with Crippen molar-refractivity contribution in [2.75, 3.05) is 17.2 Å². The first-order valence-corrected chi connectivity index (χ1v) is 10.3. The molecule has 5 rings (SSSR count). The Morgan fingerprint density at radius 2 is 1.91 bits per heavy atom. The summed E-state index contributed by atoms with van der Waals surface area (Å²) >= 11 is 0. The number of anilines is 2. The van der Waals surface area contributed by atoms with Gasteiger partial charge in [0, 0.05) is 24.7 Å². The van der Waals surface area contributed by atoms with E-state index in [1.54, 1.807) is 30.0 Å². The highest BCUT2D eigenvalue weighted by molar-refractivity contribution is 5.94. The number of alkyl halides is 3. The number of halogens is 3. The van der Waals surface area contributed by atoms with E-state index in [0.29, 0.717) is 28.0 Å². The van der Waals surface area contributed by atoms with Gasteiger partial charge in [-0.1, -0.05) is 6.07 Å². The number of rotatable bonds is 3. The Bertz CT molecular complexity index is 1420. The predicted molar refractivity (Wildman–Crippen MR) is 115 cm³/mol. The van der Waals surface area contributed by atoms with Gasteiger partial charge in [-0.2, -0.15) is 18.2 Å². The molecular weight excluding hydrogens is 453 g/mol. The Morgan fingerprint density at radius 3 is 2.68 bits per heavy atom. The van der Waals surface area contributed by atoms with E-state index in [2.05, 4.69) is 25.1 Å². The van der Waals surface area contributed by atoms with Crippen molar-refractivity contribution in [1.29, 1.82) is 0 Å². The molecule has 0 saturated heterocycles. The molecule has 0 amide bonds. The van der Waals surface area contributed by atoms with E-state index in [1.807, 2.05) is 6.92 Å². The molecule has 0 atom stereocenters. The number of hydrogen-bond acceptors (Lipinski definition) is 9. The van der Waals surface area contributed by atoms with Crippen LogP contribution in [0.3, 0.4) is 0 Å². The minimum absolute atomic E-state index is 0.0315. The van der Waals surface area contributed by atoms with Gasteiger partial charge in [0.2, 0.25) is 11.7 Å². The topological polar surface area (TPSA) is 128 Å². The summed E-state index contributed by atoms with van der Waals surface area (Å²) in [5.41, 5.74) is 7.82. The number of aromatic nitrogens is 6. The lowest BCUT2D eigenvalue weighted by Gasteiger charge is -2.29. The maximum atomic E-state index is 13.2. The Hall–Kier alpha value is -4.16. The number of aromatic hydroxyl groups is 1. The fourth-order valence-electron chi connectivity index (χ4n) is 3.93. The number of nitrogen functional groups attached to an aromatic ring is 1. The highest BCUT2D eigenvalue weighted by atomic mass is 19.4. The van der Waals surface area contributed by atoms with Crippen LogP contribution in [0, 0.1) is 13.8 Å². The maximum absolute atomic E-state index is 13.2. The normalized spacial score (nSPS) is 13.9. The number of ether oxygens (including phenoxy) is 1. The van der Waals surface area contributed by atoms with E-state index < -0.39 is 12.0 Å². The van der Waals surface area contributed by atoms with E-state index >= 15 is 0 Å². The van der Waals surface area contributed by atoms with Crippen LogP contribution in [0.4, 0.5) is 24.8 Å². The van der Waals surface area contributed by atoms with Crippen molar-refractivity contribution < 1.29 is 23.0 Å². The third-order valence-corrected chi connectivity index (χ3v) is 5.71. The van der Waals surface area contributed by atoms with Gasteiger partial charge in [-0.3, -0.25) is 0 Å². The maximum Gasteiger partial charge on any atom is 0.451 e. The number of nitrogens with zero attached hydrogens (tertiary/aromatic N) is 7. The summed E-state index contributed by atoms with van der Waals surface area (Å²) < 4.78 is 46.7. The van der Waals surface area contributed by atoms with Crippen LogP contribution in [0.5, 0.6) is 17.4 Å². The van der Waals surface area contributed by atoms with Crippen LogP contribution in [0.15, 0.2) is 24.5 Å². The number of benzene rings is 1. The third-order valence-electron chi connectivity index (χ3n) is 5.71. The molecule has 13 heteroatoms. The van der Waals surface area contributed by atoms with E-state index in [4.69, 9.17) is 10.5 Å². The quantitative estimate of drug-likeness (QED) is 0.461. The van der Waals surface area contributed by atoms with Gasteiger partial charge in [0.25, 0.3) is 0 Å². The molecule has 1 aliphatic heterocycles. The first-order valence-electron chi connectivity index (χ1n) is 10.3. The van der Waals surface area contributed by atoms with E-state index in [-0.39, 0.29) is 42.9 Å². The second kappa shape index (κ2) is 7.71. The third kappa shape index (κ3) is 3.58. The number of phenols is 1. The molecule has 4 heterocycles. The molecule has 0 spiro atoms. The zero-order chi connectivity index (χ0) is 24.2. The van der Waals surface area contributed by atoms with E-state index in [0.717, 1.165) is 10.1 Å². The summed E-state index contributed by atoms with van der Waals surface area (Å²) in [5.74, 6) is 0.299. The molecule has 0 bridgehead atoms. The SMILES string of the molecule is Cc1ccc(O)c(C)c1Oc1nc(N2CCn3c(nnc3C(F)(F)F)C2)cc2ncnc(N)c12. The van der Waals surface area contributed by atoms with Crippen molar-refractivity contribution in [1.82, 2.24) is 29.7 Å². The Balaban J connectivity index is 1.58. The van der Waals surface area contributed by atoms with Crippen molar-refractivity contribution in [3.8, 4) is 17.4 Å². The largest absolute Gasteiger partial charge is 0.508 e. The van der Waals surface area contributed by atoms with E-state index in [1.165, 1.54) is 6.33 Å². The zero-order valence-electron chi connectivity index (χ0n) is 18.1. The first kappa shape index (κ1) is 21.7. The minimum Gasteiger partial charge on any atom is -0.508 e. The summed E-state index contributed by atoms with van der Waals surface area (Å²) in [6, 6.07) is 4.94. The minimum atomic E-state index is -4.58. The van der Waals surface area contributed by atoms with Crippen LogP contribution in [0.2, 0.25) is 0 Å². The average Bonchev–Trinajstić information content (AvgIpc) is 3.23. The molecule has 10 nitrogen and oxygen atoms in total. The number of fused-ring (bicyclic) bond motifs is 2. The number of aryl methyl sites for hydroxylation is 1. The lowest BCUT2D eigenvalue weighted by Crippen LogP contribution is -2.35. The highest BCUT2D eigenvalue weighted by Gasteiger charge is 2.39. The Kier molecular flexibility index (Phi) is 4.92. The van der Waals surface area contributed by atoms with Crippen molar-refractivity contribution in [3.63, 3.8) is 0 Å². The molecule has 0 unspecified atom stereocenters. The number of nitrogens with two attached hydrogens (primary N) is 1. The van der Waals surface area contributed by atoms with Gasteiger partial charge in [0.05, 0.1) is 12.1 Å². The molecule has 3 aromatic heterocycles. The summed E-state index contributed by atoms with van der Waals surface area (Å²) in [6.07, 6.45) is -3.28. The summed E-state index contributed by atoms with van der Waals surface area (Å²) in [7, 11) is 0. The smallest absolute Gasteiger partial charge is 0.451 e. The molecule has 0 fully saturated rings. The molecular formula is C21H19F3N8O2. The van der Waals surface area contributed by atoms with Crippen molar-refractivity contribution in [2.45, 2.75) is 33.1 Å². The summed E-state index contributed by atoms with van der Waals surface area (Å²) in [6.45, 7) is 3.86. The van der Waals surface area contributed by atoms with Crippen LogP contribution in [-0.4, -0.2) is 41.4 Å². The van der Waals surface area contributed by atoms with Gasteiger partial charge in [-0.25, -0.2) is 9.97 Å². The molecule has 0 saturated carbocycles. The van der Waals surface area contributed by atoms with E-state index in [9.17, 15) is 18.3 Å². The Morgan fingerprint density at radius 1 is 1.12 bits per heavy atom. The van der Waals surface area contributed by atoms with Crippen LogP contribution < -0.4 is 15.4 Å². The van der Waals surface area contributed by atoms with Gasteiger partial charge in [-0.15, -0.1) is 10.2 Å². The standard InChI is InChI=1S/C21H19F3N8O2/c1-10-3-4-13(33)11(2)17(10)34-19-16-12(26-9-27-18(16)25)7-14(28-19)31-5-6-32-15(8-31)29-30-20(32)21(22,23)24/h3-4,7,9,33H,5-6,8H2,1-2H3,(H2,25,26,27). The van der Waals surface area contributed by atoms with Crippen molar-refractivity contribution in [2.24, 2.45) is 0 Å². The van der Waals surface area contributed by atoms with Gasteiger partial charge < -0.3 is 25.0 Å². The average molecular weight is 472 g/mol. The molecule has 0 radical (unpaired) electrons. The number of hydrogen-bond donors (Lipinski definition) is 2. The van der Waals surface area contributed by atoms with Gasteiger partial charge in [0.15, 0.2) is 5.82 Å². The predicted octanol–water partition coefficient (Wildman–Crippen LogP) is 3.35. The van der Waals surface area contributed by atoms with Gasteiger partial charge in [-0.05, 0) is 25.5 Å². The van der Waals surface area contributed by atoms with Gasteiger partial charge >= 0.3 is 6.18 Å². The molecule has 34 heavy (non-hydrogen) atoms. The Labute approximate surface area is 190 Å². The van der Waals surface area contributed by atoms with Crippen LogP contribution >= 0.6 is 0 Å². The molecule has 176 valence electrons. The van der Waals surface area contributed by atoms with Crippen molar-refractivity contribution in [3.05, 3.63) is 47.3 Å². The number of phenolic OH excluding ortho intramolecular Hbond substituents is 1. The molecule has 4 aromatic rings. The van der Waals surface area contributed by atoms with Crippen molar-refractivity contribution >= 4 is 22.5 Å². The lowest BCUT2D eigenvalue weighted by molar-refractivity contribution is -0.147. The van der Waals surface area contributed by atoms with Crippen LogP contribution in [-0.2, 0) is 19.3 Å². The second-order valence-corrected chi connectivity index (χ2v) is 7.91. The molecule has 1 aromatic carbocycles.